The molecule has 3 aromatic rings. The zero-order valence-electron chi connectivity index (χ0n) is 13.1. The molecule has 0 unspecified atom stereocenters. The van der Waals surface area contributed by atoms with Crippen LogP contribution in [0.2, 0.25) is 0 Å². The highest BCUT2D eigenvalue weighted by Gasteiger charge is 2.39. The molecule has 3 heteroatoms. The Morgan fingerprint density at radius 3 is 1.33 bits per heavy atom. The monoisotopic (exact) mass is 396 g/mol. The summed E-state index contributed by atoms with van der Waals surface area (Å²) < 4.78 is -0.561. The van der Waals surface area contributed by atoms with Gasteiger partial charge in [0.25, 0.3) is 0 Å². The summed E-state index contributed by atoms with van der Waals surface area (Å²) in [4.78, 5) is 12.5. The third kappa shape index (κ3) is 3.33. The Morgan fingerprint density at radius 1 is 0.708 bits per heavy atom. The Labute approximate surface area is 155 Å². The summed E-state index contributed by atoms with van der Waals surface area (Å²) in [5, 5.41) is 0.429. The highest BCUT2D eigenvalue weighted by Crippen LogP contribution is 2.48. The number of halogens is 1. The largest absolute Gasteiger partial charge is 0.286 e. The van der Waals surface area contributed by atoms with Gasteiger partial charge in [0.2, 0.25) is 5.12 Å². The quantitative estimate of drug-likeness (QED) is 0.410. The number of alkyl halides is 1. The third-order valence-electron chi connectivity index (χ3n) is 3.92. The standard InChI is InChI=1S/C21H17BrOS/c22-16-20(23)24-21(17-10-4-1-5-11-17,18-12-6-2-7-13-18)19-14-8-3-9-15-19/h1-15H,16H2. The minimum atomic E-state index is -0.561. The fraction of sp³-hybridized carbons (Fsp3) is 0.0952. The van der Waals surface area contributed by atoms with Crippen molar-refractivity contribution in [3.63, 3.8) is 0 Å². The predicted octanol–water partition coefficient (Wildman–Crippen LogP) is 5.63. The molecule has 0 aromatic heterocycles. The van der Waals surface area contributed by atoms with Crippen LogP contribution in [0.1, 0.15) is 16.7 Å². The van der Waals surface area contributed by atoms with E-state index < -0.39 is 4.75 Å². The van der Waals surface area contributed by atoms with Crippen molar-refractivity contribution >= 4 is 32.8 Å². The zero-order valence-corrected chi connectivity index (χ0v) is 15.5. The lowest BCUT2D eigenvalue weighted by Crippen LogP contribution is -2.27. The van der Waals surface area contributed by atoms with Crippen molar-refractivity contribution in [1.29, 1.82) is 0 Å². The van der Waals surface area contributed by atoms with E-state index in [1.54, 1.807) is 0 Å². The molecule has 0 aliphatic carbocycles. The van der Waals surface area contributed by atoms with Crippen LogP contribution in [0.15, 0.2) is 91.0 Å². The van der Waals surface area contributed by atoms with Gasteiger partial charge in [-0.3, -0.25) is 4.79 Å². The Morgan fingerprint density at radius 2 is 1.04 bits per heavy atom. The molecule has 0 bridgehead atoms. The molecule has 0 saturated carbocycles. The second-order valence-corrected chi connectivity index (χ2v) is 7.22. The van der Waals surface area contributed by atoms with Gasteiger partial charge in [-0.05, 0) is 16.7 Å². The average Bonchev–Trinajstić information content (AvgIpc) is 2.68. The Balaban J connectivity index is 2.30. The highest BCUT2D eigenvalue weighted by atomic mass is 79.9. The van der Waals surface area contributed by atoms with Crippen LogP contribution in [0.3, 0.4) is 0 Å². The first-order valence-electron chi connectivity index (χ1n) is 7.72. The van der Waals surface area contributed by atoms with Crippen molar-refractivity contribution in [2.24, 2.45) is 0 Å². The first kappa shape index (κ1) is 17.0. The van der Waals surface area contributed by atoms with Gasteiger partial charge in [0.15, 0.2) is 0 Å². The van der Waals surface area contributed by atoms with E-state index in [0.717, 1.165) is 16.7 Å². The first-order chi connectivity index (χ1) is 11.8. The van der Waals surface area contributed by atoms with Gasteiger partial charge in [0, 0.05) is 0 Å². The maximum Gasteiger partial charge on any atom is 0.201 e. The van der Waals surface area contributed by atoms with Crippen LogP contribution in [0.25, 0.3) is 0 Å². The highest BCUT2D eigenvalue weighted by molar-refractivity contribution is 9.09. The lowest BCUT2D eigenvalue weighted by atomic mass is 9.84. The van der Waals surface area contributed by atoms with E-state index in [1.807, 2.05) is 54.6 Å². The number of rotatable bonds is 5. The molecule has 3 aromatic carbocycles. The van der Waals surface area contributed by atoms with E-state index >= 15 is 0 Å². The Bertz CT molecular complexity index is 691. The summed E-state index contributed by atoms with van der Waals surface area (Å²) >= 11 is 4.68. The molecule has 0 heterocycles. The molecule has 0 atom stereocenters. The molecule has 3 rings (SSSR count). The number of benzene rings is 3. The van der Waals surface area contributed by atoms with Crippen molar-refractivity contribution in [1.82, 2.24) is 0 Å². The van der Waals surface area contributed by atoms with Crippen molar-refractivity contribution in [2.45, 2.75) is 4.75 Å². The molecule has 0 aliphatic rings. The van der Waals surface area contributed by atoms with Crippen LogP contribution >= 0.6 is 27.7 Å². The minimum Gasteiger partial charge on any atom is -0.286 e. The zero-order chi connectivity index (χ0) is 16.8. The third-order valence-corrected chi connectivity index (χ3v) is 6.18. The Hall–Kier alpha value is -1.84. The number of carbonyl (C=O) groups is 1. The normalized spacial score (nSPS) is 11.2. The van der Waals surface area contributed by atoms with Crippen LogP contribution in [-0.2, 0) is 9.54 Å². The maximum absolute atomic E-state index is 12.5. The lowest BCUT2D eigenvalue weighted by Gasteiger charge is -2.34. The lowest BCUT2D eigenvalue weighted by molar-refractivity contribution is -0.108. The number of hydrogen-bond donors (Lipinski definition) is 0. The average molecular weight is 397 g/mol. The summed E-state index contributed by atoms with van der Waals surface area (Å²) in [7, 11) is 0. The minimum absolute atomic E-state index is 0.103. The molecule has 0 amide bonds. The van der Waals surface area contributed by atoms with E-state index in [0.29, 0.717) is 5.33 Å². The van der Waals surface area contributed by atoms with Crippen LogP contribution in [0, 0.1) is 0 Å². The maximum atomic E-state index is 12.5. The van der Waals surface area contributed by atoms with Crippen molar-refractivity contribution in [3.05, 3.63) is 108 Å². The molecule has 0 spiro atoms. The second-order valence-electron chi connectivity index (χ2n) is 5.39. The molecule has 0 N–H and O–H groups in total. The molecule has 1 nitrogen and oxygen atoms in total. The molecule has 24 heavy (non-hydrogen) atoms. The molecule has 0 radical (unpaired) electrons. The van der Waals surface area contributed by atoms with E-state index in [4.69, 9.17) is 0 Å². The van der Waals surface area contributed by atoms with E-state index in [2.05, 4.69) is 52.3 Å². The van der Waals surface area contributed by atoms with E-state index in [1.165, 1.54) is 11.8 Å². The number of carbonyl (C=O) groups excluding carboxylic acids is 1. The number of thioether (sulfide) groups is 1. The van der Waals surface area contributed by atoms with Crippen molar-refractivity contribution in [3.8, 4) is 0 Å². The van der Waals surface area contributed by atoms with E-state index in [9.17, 15) is 4.79 Å². The summed E-state index contributed by atoms with van der Waals surface area (Å²) in [6, 6.07) is 30.7. The van der Waals surface area contributed by atoms with Gasteiger partial charge in [0.1, 0.15) is 0 Å². The summed E-state index contributed by atoms with van der Waals surface area (Å²) in [6.07, 6.45) is 0. The Kier molecular flexibility index (Phi) is 5.54. The number of hydrogen-bond acceptors (Lipinski definition) is 2. The molecule has 0 saturated heterocycles. The first-order valence-corrected chi connectivity index (χ1v) is 9.65. The summed E-state index contributed by atoms with van der Waals surface area (Å²) in [6.45, 7) is 0. The van der Waals surface area contributed by atoms with Gasteiger partial charge in [-0.15, -0.1) is 0 Å². The van der Waals surface area contributed by atoms with Gasteiger partial charge in [-0.1, -0.05) is 119 Å². The van der Waals surface area contributed by atoms with Gasteiger partial charge < -0.3 is 0 Å². The van der Waals surface area contributed by atoms with Crippen LogP contribution in [0.4, 0.5) is 0 Å². The van der Waals surface area contributed by atoms with Gasteiger partial charge in [0.05, 0.1) is 10.1 Å². The van der Waals surface area contributed by atoms with Crippen LogP contribution in [-0.4, -0.2) is 10.4 Å². The van der Waals surface area contributed by atoms with Crippen LogP contribution < -0.4 is 0 Å². The predicted molar refractivity (Wildman–Crippen MR) is 106 cm³/mol. The topological polar surface area (TPSA) is 17.1 Å². The molecular weight excluding hydrogens is 380 g/mol. The van der Waals surface area contributed by atoms with Crippen molar-refractivity contribution < 1.29 is 4.79 Å². The molecule has 0 fully saturated rings. The van der Waals surface area contributed by atoms with Gasteiger partial charge in [-0.2, -0.15) is 0 Å². The molecule has 120 valence electrons. The smallest absolute Gasteiger partial charge is 0.201 e. The van der Waals surface area contributed by atoms with Gasteiger partial charge >= 0.3 is 0 Å². The summed E-state index contributed by atoms with van der Waals surface area (Å²) in [5.74, 6) is 0. The van der Waals surface area contributed by atoms with Crippen LogP contribution in [0.5, 0.6) is 0 Å². The molecule has 0 aliphatic heterocycles. The SMILES string of the molecule is O=C(CBr)SC(c1ccccc1)(c1ccccc1)c1ccccc1. The fourth-order valence-corrected chi connectivity index (χ4v) is 4.39. The summed E-state index contributed by atoms with van der Waals surface area (Å²) in [5.41, 5.74) is 3.30. The van der Waals surface area contributed by atoms with Gasteiger partial charge in [-0.25, -0.2) is 0 Å². The second kappa shape index (κ2) is 7.82. The fourth-order valence-electron chi connectivity index (χ4n) is 2.89. The van der Waals surface area contributed by atoms with E-state index in [-0.39, 0.29) is 5.12 Å². The molecular formula is C21H17BrOS. The van der Waals surface area contributed by atoms with Crippen molar-refractivity contribution in [2.75, 3.05) is 5.33 Å².